The lowest BCUT2D eigenvalue weighted by Gasteiger charge is -2.28. The SMILES string of the molecule is Cc1cc(-n2c(C(C)C)c(C3CCC(C(=O)O)CC3)c3c(OCc4ccccc4)cc(F)cc32)ccc1F. The van der Waals surface area contributed by atoms with E-state index in [0.29, 0.717) is 36.3 Å². The van der Waals surface area contributed by atoms with E-state index in [-0.39, 0.29) is 23.6 Å². The van der Waals surface area contributed by atoms with Crippen molar-refractivity contribution in [3.8, 4) is 11.4 Å². The number of aryl methyl sites for hydroxylation is 1. The third kappa shape index (κ3) is 4.92. The predicted octanol–water partition coefficient (Wildman–Crippen LogP) is 8.28. The second kappa shape index (κ2) is 10.6. The highest BCUT2D eigenvalue weighted by molar-refractivity contribution is 5.93. The van der Waals surface area contributed by atoms with Crippen LogP contribution in [0.3, 0.4) is 0 Å². The molecule has 4 nitrogen and oxygen atoms in total. The average molecular weight is 518 g/mol. The number of halogens is 2. The quantitative estimate of drug-likeness (QED) is 0.268. The van der Waals surface area contributed by atoms with Gasteiger partial charge in [-0.2, -0.15) is 0 Å². The topological polar surface area (TPSA) is 51.5 Å². The van der Waals surface area contributed by atoms with Crippen LogP contribution in [0.15, 0.2) is 60.7 Å². The summed E-state index contributed by atoms with van der Waals surface area (Å²) in [5, 5.41) is 10.4. The maximum absolute atomic E-state index is 15.2. The molecule has 3 aromatic carbocycles. The summed E-state index contributed by atoms with van der Waals surface area (Å²) in [6.07, 6.45) is 2.66. The number of carboxylic acids is 1. The largest absolute Gasteiger partial charge is 0.488 e. The summed E-state index contributed by atoms with van der Waals surface area (Å²) < 4.78 is 37.7. The van der Waals surface area contributed by atoms with E-state index in [9.17, 15) is 14.3 Å². The highest BCUT2D eigenvalue weighted by Crippen LogP contribution is 2.48. The number of aliphatic carboxylic acids is 1. The molecule has 0 bridgehead atoms. The number of fused-ring (bicyclic) bond motifs is 1. The number of rotatable bonds is 7. The Morgan fingerprint density at radius 3 is 2.37 bits per heavy atom. The summed E-state index contributed by atoms with van der Waals surface area (Å²) in [6, 6.07) is 17.7. The van der Waals surface area contributed by atoms with Crippen LogP contribution in [0.2, 0.25) is 0 Å². The molecule has 1 heterocycles. The zero-order valence-electron chi connectivity index (χ0n) is 22.0. The fourth-order valence-electron chi connectivity index (χ4n) is 5.90. The lowest BCUT2D eigenvalue weighted by molar-refractivity contribution is -0.142. The summed E-state index contributed by atoms with van der Waals surface area (Å²) in [7, 11) is 0. The molecule has 0 unspecified atom stereocenters. The van der Waals surface area contributed by atoms with Crippen molar-refractivity contribution in [1.82, 2.24) is 4.57 Å². The van der Waals surface area contributed by atoms with Gasteiger partial charge in [-0.3, -0.25) is 4.79 Å². The van der Waals surface area contributed by atoms with Gasteiger partial charge in [0, 0.05) is 22.8 Å². The van der Waals surface area contributed by atoms with Crippen LogP contribution >= 0.6 is 0 Å². The standard InChI is InChI=1S/C32H33F2NO3/c1-19(2)31-29(22-9-11-23(12-10-22)32(36)37)30-27(35(31)25-13-14-26(34)20(3)15-25)16-24(33)17-28(30)38-18-21-7-5-4-6-8-21/h4-8,13-17,19,22-23H,9-12,18H2,1-3H3,(H,36,37). The maximum Gasteiger partial charge on any atom is 0.306 e. The molecule has 0 radical (unpaired) electrons. The van der Waals surface area contributed by atoms with Crippen molar-refractivity contribution < 1.29 is 23.4 Å². The molecule has 1 aromatic heterocycles. The molecule has 0 atom stereocenters. The van der Waals surface area contributed by atoms with Crippen molar-refractivity contribution in [2.45, 2.75) is 64.9 Å². The molecule has 1 aliphatic rings. The van der Waals surface area contributed by atoms with E-state index in [2.05, 4.69) is 13.8 Å². The minimum Gasteiger partial charge on any atom is -0.488 e. The van der Waals surface area contributed by atoms with Crippen molar-refractivity contribution in [2.75, 3.05) is 0 Å². The Kier molecular flexibility index (Phi) is 7.24. The van der Waals surface area contributed by atoms with Gasteiger partial charge in [-0.1, -0.05) is 44.2 Å². The smallest absolute Gasteiger partial charge is 0.306 e. The molecule has 0 spiro atoms. The van der Waals surface area contributed by atoms with Crippen LogP contribution in [0, 0.1) is 24.5 Å². The number of hydrogen-bond donors (Lipinski definition) is 1. The van der Waals surface area contributed by atoms with E-state index >= 15 is 4.39 Å². The Labute approximate surface area is 221 Å². The zero-order chi connectivity index (χ0) is 27.0. The molecular weight excluding hydrogens is 484 g/mol. The minimum atomic E-state index is -0.745. The van der Waals surface area contributed by atoms with E-state index in [4.69, 9.17) is 4.74 Å². The van der Waals surface area contributed by atoms with E-state index in [1.165, 1.54) is 18.2 Å². The van der Waals surface area contributed by atoms with Crippen LogP contribution in [0.1, 0.15) is 73.8 Å². The zero-order valence-corrected chi connectivity index (χ0v) is 22.0. The normalized spacial score (nSPS) is 17.7. The number of carboxylic acid groups (broad SMARTS) is 1. The lowest BCUT2D eigenvalue weighted by atomic mass is 9.77. The van der Waals surface area contributed by atoms with Crippen LogP contribution in [0.25, 0.3) is 16.6 Å². The van der Waals surface area contributed by atoms with E-state index in [1.807, 2.05) is 34.9 Å². The van der Waals surface area contributed by atoms with Crippen LogP contribution in [0.4, 0.5) is 8.78 Å². The number of nitrogens with zero attached hydrogens (tertiary/aromatic N) is 1. The third-order valence-corrected chi connectivity index (χ3v) is 7.74. The first-order valence-electron chi connectivity index (χ1n) is 13.3. The van der Waals surface area contributed by atoms with Gasteiger partial charge in [-0.05, 0) is 85.4 Å². The molecular formula is C32H33F2NO3. The summed E-state index contributed by atoms with van der Waals surface area (Å²) in [5.74, 6) is -1.13. The molecule has 0 aliphatic heterocycles. The fraction of sp³-hybridized carbons (Fsp3) is 0.344. The number of hydrogen-bond acceptors (Lipinski definition) is 2. The van der Waals surface area contributed by atoms with Gasteiger partial charge >= 0.3 is 5.97 Å². The first-order chi connectivity index (χ1) is 18.2. The van der Waals surface area contributed by atoms with E-state index < -0.39 is 11.8 Å². The highest BCUT2D eigenvalue weighted by atomic mass is 19.1. The molecule has 0 amide bonds. The Morgan fingerprint density at radius 2 is 1.74 bits per heavy atom. The van der Waals surface area contributed by atoms with Crippen molar-refractivity contribution in [3.05, 3.63) is 94.7 Å². The van der Waals surface area contributed by atoms with E-state index in [1.54, 1.807) is 19.1 Å². The Morgan fingerprint density at radius 1 is 1.03 bits per heavy atom. The molecule has 5 rings (SSSR count). The Hall–Kier alpha value is -3.67. The maximum atomic E-state index is 15.2. The molecule has 198 valence electrons. The van der Waals surface area contributed by atoms with Gasteiger partial charge < -0.3 is 14.4 Å². The van der Waals surface area contributed by atoms with Gasteiger partial charge in [0.1, 0.15) is 24.0 Å². The highest BCUT2D eigenvalue weighted by Gasteiger charge is 2.33. The fourth-order valence-corrected chi connectivity index (χ4v) is 5.90. The summed E-state index contributed by atoms with van der Waals surface area (Å²) in [4.78, 5) is 11.6. The van der Waals surface area contributed by atoms with Gasteiger partial charge in [0.2, 0.25) is 0 Å². The molecule has 1 N–H and O–H groups in total. The Bertz CT molecular complexity index is 1470. The second-order valence-corrected chi connectivity index (χ2v) is 10.7. The summed E-state index contributed by atoms with van der Waals surface area (Å²) in [6.45, 7) is 6.23. The number of benzene rings is 3. The van der Waals surface area contributed by atoms with Gasteiger partial charge in [-0.15, -0.1) is 0 Å². The van der Waals surface area contributed by atoms with Gasteiger partial charge in [0.25, 0.3) is 0 Å². The lowest BCUT2D eigenvalue weighted by Crippen LogP contribution is -2.21. The van der Waals surface area contributed by atoms with Gasteiger partial charge in [0.15, 0.2) is 0 Å². The molecule has 1 fully saturated rings. The molecule has 4 aromatic rings. The minimum absolute atomic E-state index is 0.0741. The average Bonchev–Trinajstić information content (AvgIpc) is 3.25. The number of ether oxygens (including phenoxy) is 1. The first kappa shape index (κ1) is 26.0. The first-order valence-corrected chi connectivity index (χ1v) is 13.3. The van der Waals surface area contributed by atoms with Crippen LogP contribution in [-0.4, -0.2) is 15.6 Å². The molecule has 38 heavy (non-hydrogen) atoms. The molecule has 1 aliphatic carbocycles. The van der Waals surface area contributed by atoms with Gasteiger partial charge in [-0.25, -0.2) is 8.78 Å². The predicted molar refractivity (Wildman–Crippen MR) is 145 cm³/mol. The summed E-state index contributed by atoms with van der Waals surface area (Å²) in [5.41, 5.74) is 5.05. The number of aromatic nitrogens is 1. The van der Waals surface area contributed by atoms with Crippen molar-refractivity contribution in [2.24, 2.45) is 5.92 Å². The van der Waals surface area contributed by atoms with E-state index in [0.717, 1.165) is 40.7 Å². The van der Waals surface area contributed by atoms with Crippen molar-refractivity contribution >= 4 is 16.9 Å². The van der Waals surface area contributed by atoms with Crippen molar-refractivity contribution in [1.29, 1.82) is 0 Å². The second-order valence-electron chi connectivity index (χ2n) is 10.7. The molecule has 0 saturated heterocycles. The molecule has 6 heteroatoms. The third-order valence-electron chi connectivity index (χ3n) is 7.74. The van der Waals surface area contributed by atoms with Crippen LogP contribution < -0.4 is 4.74 Å². The Balaban J connectivity index is 1.73. The van der Waals surface area contributed by atoms with Crippen LogP contribution in [0.5, 0.6) is 5.75 Å². The van der Waals surface area contributed by atoms with Crippen molar-refractivity contribution in [3.63, 3.8) is 0 Å². The number of carbonyl (C=O) groups is 1. The summed E-state index contributed by atoms with van der Waals surface area (Å²) >= 11 is 0. The van der Waals surface area contributed by atoms with Crippen LogP contribution in [-0.2, 0) is 11.4 Å². The van der Waals surface area contributed by atoms with Gasteiger partial charge in [0.05, 0.1) is 11.4 Å². The molecule has 1 saturated carbocycles. The monoisotopic (exact) mass is 517 g/mol.